The molecule has 0 aromatic carbocycles. The Balaban J connectivity index is 2.39. The summed E-state index contributed by atoms with van der Waals surface area (Å²) in [5.41, 5.74) is 1.57. The second-order valence-electron chi connectivity index (χ2n) is 3.06. The second-order valence-corrected chi connectivity index (χ2v) is 3.06. The molecule has 0 unspecified atom stereocenters. The van der Waals surface area contributed by atoms with Gasteiger partial charge >= 0.3 is 0 Å². The van der Waals surface area contributed by atoms with Crippen LogP contribution in [-0.2, 0) is 0 Å². The van der Waals surface area contributed by atoms with Gasteiger partial charge in [-0.25, -0.2) is 0 Å². The van der Waals surface area contributed by atoms with Gasteiger partial charge in [-0.2, -0.15) is 0 Å². The molecule has 0 saturated carbocycles. The zero-order valence-electron chi connectivity index (χ0n) is 6.98. The van der Waals surface area contributed by atoms with Crippen LogP contribution in [0.25, 0.3) is 0 Å². The lowest BCUT2D eigenvalue weighted by Gasteiger charge is -2.23. The maximum atomic E-state index is 3.37. The molecule has 0 aliphatic carbocycles. The summed E-state index contributed by atoms with van der Waals surface area (Å²) in [7, 11) is 0. The van der Waals surface area contributed by atoms with Gasteiger partial charge in [0, 0.05) is 0 Å². The highest BCUT2D eigenvalue weighted by Gasteiger charge is 2.12. The number of piperidine rings is 1. The minimum Gasteiger partial charge on any atom is -0.317 e. The maximum Gasteiger partial charge on any atom is -0.00432 e. The molecule has 1 heteroatoms. The van der Waals surface area contributed by atoms with Crippen molar-refractivity contribution in [1.29, 1.82) is 0 Å². The molecule has 0 aromatic rings. The Hall–Kier alpha value is -0.300. The highest BCUT2D eigenvalue weighted by Crippen LogP contribution is 2.19. The van der Waals surface area contributed by atoms with Crippen LogP contribution in [0.2, 0.25) is 0 Å². The SMILES string of the molecule is CC=C(C)C1CCNCC1. The Bertz CT molecular complexity index is 121. The van der Waals surface area contributed by atoms with Crippen molar-refractivity contribution in [3.8, 4) is 0 Å². The topological polar surface area (TPSA) is 12.0 Å². The van der Waals surface area contributed by atoms with Crippen molar-refractivity contribution in [2.45, 2.75) is 26.7 Å². The van der Waals surface area contributed by atoms with E-state index in [0.29, 0.717) is 0 Å². The quantitative estimate of drug-likeness (QED) is 0.547. The van der Waals surface area contributed by atoms with Gasteiger partial charge in [-0.05, 0) is 45.7 Å². The van der Waals surface area contributed by atoms with E-state index in [1.807, 2.05) is 0 Å². The highest BCUT2D eigenvalue weighted by molar-refractivity contribution is 5.02. The van der Waals surface area contributed by atoms with Crippen molar-refractivity contribution in [3.63, 3.8) is 0 Å². The van der Waals surface area contributed by atoms with E-state index < -0.39 is 0 Å². The summed E-state index contributed by atoms with van der Waals surface area (Å²) in [6.45, 7) is 6.79. The first-order valence-corrected chi connectivity index (χ1v) is 4.18. The lowest BCUT2D eigenvalue weighted by molar-refractivity contribution is 0.419. The standard InChI is InChI=1S/C9H17N/c1-3-8(2)9-4-6-10-7-5-9/h3,9-10H,4-7H2,1-2H3. The molecular formula is C9H17N. The van der Waals surface area contributed by atoms with Crippen LogP contribution in [0.1, 0.15) is 26.7 Å². The molecule has 1 N–H and O–H groups in total. The fourth-order valence-electron chi connectivity index (χ4n) is 1.51. The van der Waals surface area contributed by atoms with Crippen LogP contribution >= 0.6 is 0 Å². The third-order valence-electron chi connectivity index (χ3n) is 2.44. The minimum atomic E-state index is 0.867. The van der Waals surface area contributed by atoms with Gasteiger partial charge < -0.3 is 5.32 Å². The van der Waals surface area contributed by atoms with Crippen LogP contribution < -0.4 is 5.32 Å². The van der Waals surface area contributed by atoms with E-state index in [4.69, 9.17) is 0 Å². The zero-order chi connectivity index (χ0) is 7.40. The Morgan fingerprint density at radius 1 is 1.40 bits per heavy atom. The smallest absolute Gasteiger partial charge is 0.00432 e. The van der Waals surface area contributed by atoms with E-state index >= 15 is 0 Å². The van der Waals surface area contributed by atoms with Crippen molar-refractivity contribution in [2.75, 3.05) is 13.1 Å². The van der Waals surface area contributed by atoms with Crippen molar-refractivity contribution in [3.05, 3.63) is 11.6 Å². The monoisotopic (exact) mass is 139 g/mol. The molecule has 1 aliphatic heterocycles. The average molecular weight is 139 g/mol. The summed E-state index contributed by atoms with van der Waals surface area (Å²) in [6, 6.07) is 0. The number of rotatable bonds is 1. The van der Waals surface area contributed by atoms with Gasteiger partial charge in [-0.3, -0.25) is 0 Å². The molecule has 0 amide bonds. The molecule has 58 valence electrons. The van der Waals surface area contributed by atoms with E-state index in [1.165, 1.54) is 25.9 Å². The first kappa shape index (κ1) is 7.80. The van der Waals surface area contributed by atoms with Crippen molar-refractivity contribution in [1.82, 2.24) is 5.32 Å². The van der Waals surface area contributed by atoms with E-state index in [-0.39, 0.29) is 0 Å². The Kier molecular flexibility index (Phi) is 2.94. The largest absolute Gasteiger partial charge is 0.317 e. The predicted octanol–water partition coefficient (Wildman–Crippen LogP) is 1.95. The zero-order valence-corrected chi connectivity index (χ0v) is 6.98. The summed E-state index contributed by atoms with van der Waals surface area (Å²) in [6.07, 6.45) is 4.91. The van der Waals surface area contributed by atoms with Gasteiger partial charge in [-0.15, -0.1) is 0 Å². The van der Waals surface area contributed by atoms with Crippen molar-refractivity contribution < 1.29 is 0 Å². The summed E-state index contributed by atoms with van der Waals surface area (Å²) in [5.74, 6) is 0.867. The van der Waals surface area contributed by atoms with Crippen molar-refractivity contribution >= 4 is 0 Å². The molecule has 0 aromatic heterocycles. The Morgan fingerprint density at radius 3 is 2.50 bits per heavy atom. The van der Waals surface area contributed by atoms with Gasteiger partial charge in [0.25, 0.3) is 0 Å². The van der Waals surface area contributed by atoms with Crippen LogP contribution in [0.3, 0.4) is 0 Å². The van der Waals surface area contributed by atoms with Gasteiger partial charge in [0.1, 0.15) is 0 Å². The molecule has 1 fully saturated rings. The normalized spacial score (nSPS) is 23.2. The Labute approximate surface area is 63.5 Å². The molecule has 1 heterocycles. The van der Waals surface area contributed by atoms with E-state index in [2.05, 4.69) is 25.2 Å². The average Bonchev–Trinajstić information content (AvgIpc) is 2.05. The second kappa shape index (κ2) is 3.77. The molecular weight excluding hydrogens is 122 g/mol. The Morgan fingerprint density at radius 2 is 2.00 bits per heavy atom. The number of hydrogen-bond donors (Lipinski definition) is 1. The lowest BCUT2D eigenvalue weighted by atomic mass is 9.91. The molecule has 10 heavy (non-hydrogen) atoms. The van der Waals surface area contributed by atoms with E-state index in [1.54, 1.807) is 5.57 Å². The summed E-state index contributed by atoms with van der Waals surface area (Å²) in [5, 5.41) is 3.37. The molecule has 1 nitrogen and oxygen atoms in total. The maximum absolute atomic E-state index is 3.37. The summed E-state index contributed by atoms with van der Waals surface area (Å²) < 4.78 is 0. The molecule has 1 aliphatic rings. The van der Waals surface area contributed by atoms with Gasteiger partial charge in [0.05, 0.1) is 0 Å². The van der Waals surface area contributed by atoms with Gasteiger partial charge in [0.2, 0.25) is 0 Å². The number of nitrogens with one attached hydrogen (secondary N) is 1. The highest BCUT2D eigenvalue weighted by atomic mass is 14.9. The van der Waals surface area contributed by atoms with Crippen LogP contribution in [-0.4, -0.2) is 13.1 Å². The van der Waals surface area contributed by atoms with Crippen molar-refractivity contribution in [2.24, 2.45) is 5.92 Å². The molecule has 0 bridgehead atoms. The molecule has 1 rings (SSSR count). The van der Waals surface area contributed by atoms with Crippen LogP contribution in [0.5, 0.6) is 0 Å². The summed E-state index contributed by atoms with van der Waals surface area (Å²) in [4.78, 5) is 0. The fourth-order valence-corrected chi connectivity index (χ4v) is 1.51. The van der Waals surface area contributed by atoms with E-state index in [0.717, 1.165) is 5.92 Å². The minimum absolute atomic E-state index is 0.867. The van der Waals surface area contributed by atoms with Gasteiger partial charge in [-0.1, -0.05) is 11.6 Å². The number of allylic oxidation sites excluding steroid dienone is 2. The number of hydrogen-bond acceptors (Lipinski definition) is 1. The first-order chi connectivity index (χ1) is 4.84. The molecule has 1 saturated heterocycles. The molecule has 0 radical (unpaired) electrons. The van der Waals surface area contributed by atoms with Crippen LogP contribution in [0.15, 0.2) is 11.6 Å². The third-order valence-corrected chi connectivity index (χ3v) is 2.44. The van der Waals surface area contributed by atoms with Gasteiger partial charge in [0.15, 0.2) is 0 Å². The van der Waals surface area contributed by atoms with E-state index in [9.17, 15) is 0 Å². The van der Waals surface area contributed by atoms with Crippen LogP contribution in [0.4, 0.5) is 0 Å². The summed E-state index contributed by atoms with van der Waals surface area (Å²) >= 11 is 0. The molecule has 0 atom stereocenters. The first-order valence-electron chi connectivity index (χ1n) is 4.18. The lowest BCUT2D eigenvalue weighted by Crippen LogP contribution is -2.28. The fraction of sp³-hybridized carbons (Fsp3) is 0.778. The van der Waals surface area contributed by atoms with Crippen LogP contribution in [0, 0.1) is 5.92 Å². The predicted molar refractivity (Wildman–Crippen MR) is 45.0 cm³/mol. The third kappa shape index (κ3) is 1.84. The molecule has 0 spiro atoms.